The molecule has 1 rings (SSSR count). The van der Waals surface area contributed by atoms with Crippen LogP contribution in [0.15, 0.2) is 0 Å². The number of aliphatic hydroxyl groups excluding tert-OH is 1. The van der Waals surface area contributed by atoms with E-state index in [9.17, 15) is 9.90 Å². The van der Waals surface area contributed by atoms with E-state index < -0.39 is 6.10 Å². The summed E-state index contributed by atoms with van der Waals surface area (Å²) in [6, 6.07) is 0. The van der Waals surface area contributed by atoms with Crippen LogP contribution in [0.3, 0.4) is 0 Å². The first-order valence-electron chi connectivity index (χ1n) is 3.92. The van der Waals surface area contributed by atoms with Crippen molar-refractivity contribution in [1.29, 1.82) is 0 Å². The van der Waals surface area contributed by atoms with Gasteiger partial charge in [0.1, 0.15) is 0 Å². The molecule has 1 aliphatic carbocycles. The van der Waals surface area contributed by atoms with E-state index in [1.165, 1.54) is 7.11 Å². The van der Waals surface area contributed by atoms with Crippen LogP contribution in [-0.2, 0) is 9.53 Å². The average Bonchev–Trinajstić information content (AvgIpc) is 2.82. The lowest BCUT2D eigenvalue weighted by molar-refractivity contribution is -0.149. The molecule has 0 aliphatic heterocycles. The number of carbonyl (C=O) groups excluding carboxylic acids is 1. The fraction of sp³-hybridized carbons (Fsp3) is 0.875. The maximum atomic E-state index is 10.9. The summed E-state index contributed by atoms with van der Waals surface area (Å²) in [6.07, 6.45) is 1.59. The lowest BCUT2D eigenvalue weighted by atomic mass is 10.0. The maximum Gasteiger partial charge on any atom is 0.311 e. The molecular formula is C8H14O3. The van der Waals surface area contributed by atoms with Gasteiger partial charge in [0.05, 0.1) is 19.1 Å². The molecule has 3 nitrogen and oxygen atoms in total. The Kier molecular flexibility index (Phi) is 2.49. The molecule has 1 fully saturated rings. The number of carbonyl (C=O) groups is 1. The fourth-order valence-electron chi connectivity index (χ4n) is 1.17. The summed E-state index contributed by atoms with van der Waals surface area (Å²) in [6.45, 7) is 1.70. The van der Waals surface area contributed by atoms with Gasteiger partial charge in [-0.2, -0.15) is 0 Å². The van der Waals surface area contributed by atoms with Crippen molar-refractivity contribution in [3.63, 3.8) is 0 Å². The Balaban J connectivity index is 2.38. The Bertz CT molecular complexity index is 151. The number of ether oxygens (including phenoxy) is 1. The summed E-state index contributed by atoms with van der Waals surface area (Å²) in [4.78, 5) is 10.9. The second kappa shape index (κ2) is 3.22. The molecule has 1 aliphatic rings. The molecular weight excluding hydrogens is 144 g/mol. The van der Waals surface area contributed by atoms with Crippen LogP contribution in [0.5, 0.6) is 0 Å². The van der Waals surface area contributed by atoms with Crippen molar-refractivity contribution in [1.82, 2.24) is 0 Å². The van der Waals surface area contributed by atoms with E-state index in [-0.39, 0.29) is 11.9 Å². The Hall–Kier alpha value is -0.570. The molecule has 0 spiro atoms. The van der Waals surface area contributed by atoms with Crippen LogP contribution in [0.1, 0.15) is 19.8 Å². The van der Waals surface area contributed by atoms with Gasteiger partial charge in [-0.3, -0.25) is 4.79 Å². The largest absolute Gasteiger partial charge is 0.469 e. The predicted octanol–water partition coefficient (Wildman–Crippen LogP) is 0.566. The number of hydrogen-bond acceptors (Lipinski definition) is 3. The molecule has 0 saturated heterocycles. The summed E-state index contributed by atoms with van der Waals surface area (Å²) >= 11 is 0. The van der Waals surface area contributed by atoms with Gasteiger partial charge in [-0.15, -0.1) is 0 Å². The second-order valence-corrected chi connectivity index (χ2v) is 3.14. The summed E-state index contributed by atoms with van der Waals surface area (Å²) < 4.78 is 4.51. The first-order chi connectivity index (χ1) is 5.16. The first kappa shape index (κ1) is 8.53. The molecule has 3 heteroatoms. The Morgan fingerprint density at radius 1 is 1.64 bits per heavy atom. The zero-order chi connectivity index (χ0) is 8.43. The molecule has 0 aromatic heterocycles. The van der Waals surface area contributed by atoms with Crippen LogP contribution >= 0.6 is 0 Å². The van der Waals surface area contributed by atoms with Crippen LogP contribution in [-0.4, -0.2) is 24.3 Å². The van der Waals surface area contributed by atoms with Gasteiger partial charge in [-0.05, 0) is 25.7 Å². The van der Waals surface area contributed by atoms with Gasteiger partial charge in [0.2, 0.25) is 0 Å². The van der Waals surface area contributed by atoms with E-state index in [1.807, 2.05) is 0 Å². The molecule has 0 aromatic rings. The summed E-state index contributed by atoms with van der Waals surface area (Å²) in [7, 11) is 1.35. The SMILES string of the molecule is COC(=O)[C@@H](C)[C@H](O)C1CC1. The zero-order valence-electron chi connectivity index (χ0n) is 6.91. The molecule has 64 valence electrons. The van der Waals surface area contributed by atoms with E-state index >= 15 is 0 Å². The third-order valence-corrected chi connectivity index (χ3v) is 2.19. The molecule has 2 atom stereocenters. The third kappa shape index (κ3) is 1.93. The minimum absolute atomic E-state index is 0.315. The van der Waals surface area contributed by atoms with Gasteiger partial charge < -0.3 is 9.84 Å². The quantitative estimate of drug-likeness (QED) is 0.611. The number of aliphatic hydroxyl groups is 1. The standard InChI is InChI=1S/C8H14O3/c1-5(8(10)11-2)7(9)6-3-4-6/h5-7,9H,3-4H2,1-2H3/t5-,7-/m0/s1. The van der Waals surface area contributed by atoms with Gasteiger partial charge in [-0.25, -0.2) is 0 Å². The number of hydrogen-bond donors (Lipinski definition) is 1. The molecule has 0 unspecified atom stereocenters. The molecule has 1 saturated carbocycles. The Morgan fingerprint density at radius 3 is 2.55 bits per heavy atom. The smallest absolute Gasteiger partial charge is 0.311 e. The van der Waals surface area contributed by atoms with Crippen molar-refractivity contribution in [3.8, 4) is 0 Å². The highest BCUT2D eigenvalue weighted by Crippen LogP contribution is 2.35. The number of rotatable bonds is 3. The van der Waals surface area contributed by atoms with E-state index in [1.54, 1.807) is 6.92 Å². The number of methoxy groups -OCH3 is 1. The highest BCUT2D eigenvalue weighted by molar-refractivity contribution is 5.72. The van der Waals surface area contributed by atoms with Crippen LogP contribution in [0.25, 0.3) is 0 Å². The molecule has 0 aromatic carbocycles. The lowest BCUT2D eigenvalue weighted by Gasteiger charge is -2.15. The Morgan fingerprint density at radius 2 is 2.18 bits per heavy atom. The van der Waals surface area contributed by atoms with Crippen molar-refractivity contribution < 1.29 is 14.6 Å². The molecule has 1 N–H and O–H groups in total. The van der Waals surface area contributed by atoms with Crippen molar-refractivity contribution in [2.75, 3.05) is 7.11 Å². The maximum absolute atomic E-state index is 10.9. The summed E-state index contributed by atoms with van der Waals surface area (Å²) in [5, 5.41) is 9.46. The van der Waals surface area contributed by atoms with Crippen LogP contribution in [0.2, 0.25) is 0 Å². The van der Waals surface area contributed by atoms with Gasteiger partial charge in [0, 0.05) is 0 Å². The van der Waals surface area contributed by atoms with E-state index in [4.69, 9.17) is 0 Å². The summed E-state index contributed by atoms with van der Waals surface area (Å²) in [5.74, 6) is -0.346. The zero-order valence-corrected chi connectivity index (χ0v) is 6.91. The minimum Gasteiger partial charge on any atom is -0.469 e. The number of esters is 1. The third-order valence-electron chi connectivity index (χ3n) is 2.19. The van der Waals surface area contributed by atoms with Crippen molar-refractivity contribution in [3.05, 3.63) is 0 Å². The van der Waals surface area contributed by atoms with Crippen LogP contribution in [0, 0.1) is 11.8 Å². The van der Waals surface area contributed by atoms with Crippen molar-refractivity contribution in [2.45, 2.75) is 25.9 Å². The minimum atomic E-state index is -0.498. The van der Waals surface area contributed by atoms with Crippen molar-refractivity contribution >= 4 is 5.97 Å². The molecule has 0 heterocycles. The monoisotopic (exact) mass is 158 g/mol. The van der Waals surface area contributed by atoms with Gasteiger partial charge in [0.15, 0.2) is 0 Å². The normalized spacial score (nSPS) is 22.5. The summed E-state index contributed by atoms with van der Waals surface area (Å²) in [5.41, 5.74) is 0. The lowest BCUT2D eigenvalue weighted by Crippen LogP contribution is -2.28. The topological polar surface area (TPSA) is 46.5 Å². The van der Waals surface area contributed by atoms with E-state index in [0.29, 0.717) is 5.92 Å². The highest BCUT2D eigenvalue weighted by atomic mass is 16.5. The molecule has 0 bridgehead atoms. The first-order valence-corrected chi connectivity index (χ1v) is 3.92. The van der Waals surface area contributed by atoms with E-state index in [0.717, 1.165) is 12.8 Å². The predicted molar refractivity (Wildman–Crippen MR) is 39.9 cm³/mol. The average molecular weight is 158 g/mol. The van der Waals surface area contributed by atoms with Gasteiger partial charge in [0.25, 0.3) is 0 Å². The van der Waals surface area contributed by atoms with Gasteiger partial charge in [-0.1, -0.05) is 0 Å². The molecule has 11 heavy (non-hydrogen) atoms. The van der Waals surface area contributed by atoms with Crippen molar-refractivity contribution in [2.24, 2.45) is 11.8 Å². The van der Waals surface area contributed by atoms with Crippen LogP contribution < -0.4 is 0 Å². The highest BCUT2D eigenvalue weighted by Gasteiger charge is 2.36. The second-order valence-electron chi connectivity index (χ2n) is 3.14. The van der Waals surface area contributed by atoms with Gasteiger partial charge >= 0.3 is 5.97 Å². The fourth-order valence-corrected chi connectivity index (χ4v) is 1.17. The Labute approximate surface area is 66.4 Å². The van der Waals surface area contributed by atoms with Crippen LogP contribution in [0.4, 0.5) is 0 Å². The molecule has 0 radical (unpaired) electrons. The molecule has 0 amide bonds. The van der Waals surface area contributed by atoms with E-state index in [2.05, 4.69) is 4.74 Å².